The number of fused-ring (bicyclic) bond motifs is 8. The number of nitrogens with zero attached hydrogens (tertiary/aromatic N) is 2. The molecule has 0 aliphatic carbocycles. The maximum Gasteiger partial charge on any atom is 0.344 e. The molecule has 4 aliphatic rings. The van der Waals surface area contributed by atoms with Crippen LogP contribution in [0.4, 0.5) is 0 Å². The first-order chi connectivity index (χ1) is 38.1. The number of phenols is 1. The van der Waals surface area contributed by atoms with Crippen LogP contribution in [0.3, 0.4) is 0 Å². The lowest BCUT2D eigenvalue weighted by Crippen LogP contribution is -2.39. The number of halogens is 1. The first-order valence-electron chi connectivity index (χ1n) is 25.5. The minimum absolute atomic E-state index is 0. The average molecular weight is 1220 g/mol. The fraction of sp³-hybridized carbons (Fsp3) is 0.367. The number of hydrogen-bond acceptors (Lipinski definition) is 18. The average Bonchev–Trinajstić information content (AvgIpc) is 3.57. The third-order valence-electron chi connectivity index (χ3n) is 13.9. The van der Waals surface area contributed by atoms with Crippen molar-refractivity contribution in [3.05, 3.63) is 154 Å². The summed E-state index contributed by atoms with van der Waals surface area (Å²) in [6, 6.07) is 31.3. The second-order valence-electron chi connectivity index (χ2n) is 18.5. The van der Waals surface area contributed by atoms with Gasteiger partial charge >= 0.3 is 32.2 Å². The summed E-state index contributed by atoms with van der Waals surface area (Å²) in [6.07, 6.45) is 2.88. The summed E-state index contributed by atoms with van der Waals surface area (Å²) in [7, 11) is -1.95. The molecule has 0 spiro atoms. The predicted octanol–water partition coefficient (Wildman–Crippen LogP) is 10.1. The molecule has 0 bridgehead atoms. The number of esters is 2. The second kappa shape index (κ2) is 28.1. The highest BCUT2D eigenvalue weighted by Crippen LogP contribution is 2.48. The van der Waals surface area contributed by atoms with Gasteiger partial charge in [-0.1, -0.05) is 79.3 Å². The van der Waals surface area contributed by atoms with Crippen molar-refractivity contribution in [1.29, 1.82) is 0 Å². The normalized spacial score (nSPS) is 15.7. The fourth-order valence-corrected chi connectivity index (χ4v) is 12.3. The van der Waals surface area contributed by atoms with Gasteiger partial charge in [0.1, 0.15) is 15.1 Å². The van der Waals surface area contributed by atoms with Gasteiger partial charge in [0.15, 0.2) is 52.6 Å². The van der Waals surface area contributed by atoms with Gasteiger partial charge in [-0.3, -0.25) is 14.6 Å². The molecule has 2 atom stereocenters. The van der Waals surface area contributed by atoms with E-state index in [4.69, 9.17) is 36.8 Å². The van der Waals surface area contributed by atoms with E-state index in [1.165, 1.54) is 38.5 Å². The molecule has 0 saturated carbocycles. The van der Waals surface area contributed by atoms with E-state index in [9.17, 15) is 31.5 Å². The number of alkyl halides is 1. The largest absolute Gasteiger partial charge is 0.504 e. The number of benzene rings is 6. The number of carbonyl (C=O) groups is 2. The van der Waals surface area contributed by atoms with E-state index >= 15 is 0 Å². The van der Waals surface area contributed by atoms with Crippen LogP contribution in [-0.2, 0) is 78.1 Å². The van der Waals surface area contributed by atoms with Gasteiger partial charge in [-0.2, -0.15) is 16.8 Å². The topological polar surface area (TPSA) is 212 Å². The molecule has 81 heavy (non-hydrogen) atoms. The highest BCUT2D eigenvalue weighted by atomic mass is 79.9. The molecule has 0 fully saturated rings. The van der Waals surface area contributed by atoms with Crippen molar-refractivity contribution in [3.8, 4) is 46.0 Å². The molecule has 2 unspecified atom stereocenters. The van der Waals surface area contributed by atoms with E-state index < -0.39 is 26.2 Å². The number of ether oxygens (including phenoxy) is 7. The second-order valence-corrected chi connectivity index (χ2v) is 22.2. The minimum atomic E-state index is -4.06. The van der Waals surface area contributed by atoms with Crippen LogP contribution >= 0.6 is 15.9 Å². The van der Waals surface area contributed by atoms with Gasteiger partial charge in [0.05, 0.1) is 41.7 Å². The number of phenolic OH excluding ortho intramolecular Hbond substituents is 1. The Morgan fingerprint density at radius 1 is 0.556 bits per heavy atom. The molecule has 4 heterocycles. The zero-order chi connectivity index (χ0) is 56.4. The summed E-state index contributed by atoms with van der Waals surface area (Å²) in [4.78, 5) is 26.8. The van der Waals surface area contributed by atoms with Gasteiger partial charge in [0.2, 0.25) is 0 Å². The third-order valence-corrected chi connectivity index (χ3v) is 16.9. The Morgan fingerprint density at radius 2 is 0.988 bits per heavy atom. The lowest BCUT2D eigenvalue weighted by Gasteiger charge is -2.42. The number of rotatable bonds is 16. The molecule has 10 rings (SSSR count). The van der Waals surface area contributed by atoms with E-state index in [1.54, 1.807) is 82.7 Å². The minimum Gasteiger partial charge on any atom is -0.504 e. The third kappa shape index (κ3) is 14.4. The van der Waals surface area contributed by atoms with Crippen molar-refractivity contribution in [2.45, 2.75) is 89.3 Å². The molecule has 6 aromatic rings. The summed E-state index contributed by atoms with van der Waals surface area (Å²) in [5.41, 5.74) is 8.04. The summed E-state index contributed by atoms with van der Waals surface area (Å²) in [5, 5.41) is 10.6. The van der Waals surface area contributed by atoms with Crippen molar-refractivity contribution in [1.82, 2.24) is 9.80 Å². The Bertz CT molecular complexity index is 3380. The number of hydrogen-bond donors (Lipinski definition) is 1. The molecular weight excluding hydrogens is 1150 g/mol. The molecule has 0 aromatic heterocycles. The summed E-state index contributed by atoms with van der Waals surface area (Å²) >= 11 is 2.94. The van der Waals surface area contributed by atoms with Crippen molar-refractivity contribution in [3.63, 3.8) is 0 Å². The first-order valence-corrected chi connectivity index (χ1v) is 29.5. The Hall–Kier alpha value is -7.04. The van der Waals surface area contributed by atoms with Gasteiger partial charge in [0.25, 0.3) is 0 Å². The van der Waals surface area contributed by atoms with Crippen LogP contribution < -0.4 is 32.1 Å². The monoisotopic (exact) mass is 1220 g/mol. The summed E-state index contributed by atoms with van der Waals surface area (Å²) < 4.78 is 101. The van der Waals surface area contributed by atoms with Crippen molar-refractivity contribution in [2.24, 2.45) is 0 Å². The zero-order valence-corrected chi connectivity index (χ0v) is 47.9. The first kappa shape index (κ1) is 63.1. The quantitative estimate of drug-likeness (QED) is 0.0542. The summed E-state index contributed by atoms with van der Waals surface area (Å²) in [6.45, 7) is 6.63. The van der Waals surface area contributed by atoms with E-state index in [0.717, 1.165) is 70.4 Å². The smallest absolute Gasteiger partial charge is 0.344 e. The lowest BCUT2D eigenvalue weighted by molar-refractivity contribution is -0.145. The van der Waals surface area contributed by atoms with Crippen molar-refractivity contribution < 1.29 is 73.1 Å². The summed E-state index contributed by atoms with van der Waals surface area (Å²) in [5.74, 6) is 2.19. The van der Waals surface area contributed by atoms with Crippen LogP contribution in [0.1, 0.15) is 85.3 Å². The van der Waals surface area contributed by atoms with Crippen LogP contribution in [0, 0.1) is 0 Å². The number of methoxy groups -OCH3 is 4. The lowest BCUT2D eigenvalue weighted by atomic mass is 9.83. The van der Waals surface area contributed by atoms with Crippen LogP contribution in [-0.4, -0.2) is 110 Å². The van der Waals surface area contributed by atoms with E-state index in [2.05, 4.69) is 30.5 Å². The molecule has 6 aromatic carbocycles. The zero-order valence-electron chi connectivity index (χ0n) is 44.7. The number of carbonyl (C=O) groups excluding carboxylic acids is 2. The molecule has 1 N–H and O–H groups in total. The van der Waals surface area contributed by atoms with Crippen LogP contribution in [0.2, 0.25) is 0 Å². The molecule has 21 heteroatoms. The molecule has 0 amide bonds. The van der Waals surface area contributed by atoms with E-state index in [0.29, 0.717) is 66.6 Å². The molecular formula is C60H71BrN2O16S2. The van der Waals surface area contributed by atoms with E-state index in [-0.39, 0.29) is 73.2 Å². The van der Waals surface area contributed by atoms with E-state index in [1.807, 2.05) is 30.3 Å². The fourth-order valence-electron chi connectivity index (χ4n) is 10.2. The Kier molecular flexibility index (Phi) is 21.9. The van der Waals surface area contributed by atoms with Crippen LogP contribution in [0.15, 0.2) is 119 Å². The molecule has 4 aliphatic heterocycles. The SMILES string of the molecule is C.C.CCOC(=O)CBr.CCOC(=O)COc1cc2c(cc1OC)CCN1Cc3c(ccc(OC)c3OS(=O)(=O)c3ccccc3)CC21.COc1cc2c(cc1O)C1Cc3ccc(OC)c(OS(=O)(=O)c4ccccc4)c3CN1CC2. The van der Waals surface area contributed by atoms with Crippen LogP contribution in [0.25, 0.3) is 0 Å². The standard InChI is InChI=1S/C29H31NO8S.C25H25NO6S.C4H7BrO2.2CH4/c1-4-36-28(31)18-37-27-16-22-20(15-26(27)35-3)12-13-30-17-23-19(14-24(22)30)10-11-25(34-2)29(23)38-39(32,33)21-8-6-5-7-9-21;1-30-23-9-8-16-12-21-19-14-22(27)24(31-2)13-17(19)10-11-26(21)15-20(16)25(23)32-33(28,29)18-6-4-3-5-7-18;1-2-7-4(6)3-5;;/h5-11,15-16,24H,4,12-14,17-18H2,1-3H3;3-9,13-14,21,27H,10-12,15H2,1-2H3;2-3H2,1H3;2*1H4. The Morgan fingerprint density at radius 3 is 1.41 bits per heavy atom. The van der Waals surface area contributed by atoms with Gasteiger partial charge in [-0.25, -0.2) is 4.79 Å². The Balaban J connectivity index is 0.000000230. The molecule has 0 saturated heterocycles. The molecule has 18 nitrogen and oxygen atoms in total. The van der Waals surface area contributed by atoms with Crippen LogP contribution in [0.5, 0.6) is 46.0 Å². The van der Waals surface area contributed by atoms with Gasteiger partial charge in [-0.15, -0.1) is 0 Å². The Labute approximate surface area is 484 Å². The predicted molar refractivity (Wildman–Crippen MR) is 309 cm³/mol. The van der Waals surface area contributed by atoms with Gasteiger partial charge in [0, 0.05) is 49.4 Å². The van der Waals surface area contributed by atoms with Gasteiger partial charge < -0.3 is 46.6 Å². The maximum atomic E-state index is 13.1. The van der Waals surface area contributed by atoms with Crippen molar-refractivity contribution >= 4 is 48.1 Å². The molecule has 0 radical (unpaired) electrons. The maximum absolute atomic E-state index is 13.1. The highest BCUT2D eigenvalue weighted by Gasteiger charge is 2.38. The highest BCUT2D eigenvalue weighted by molar-refractivity contribution is 9.09. The van der Waals surface area contributed by atoms with Crippen molar-refractivity contribution in [2.75, 3.05) is 66.7 Å². The number of aromatic hydroxyl groups is 1. The van der Waals surface area contributed by atoms with Gasteiger partial charge in [-0.05, 0) is 134 Å². The molecule has 436 valence electrons.